The average Bonchev–Trinajstić information content (AvgIpc) is 3.11. The third-order valence-corrected chi connectivity index (χ3v) is 2.72. The lowest BCUT2D eigenvalue weighted by Gasteiger charge is -2.08. The van der Waals surface area contributed by atoms with Gasteiger partial charge in [-0.15, -0.1) is 5.10 Å². The molecule has 0 saturated heterocycles. The average molecular weight is 256 g/mol. The Morgan fingerprint density at radius 1 is 1.32 bits per heavy atom. The second-order valence-electron chi connectivity index (χ2n) is 4.16. The highest BCUT2D eigenvalue weighted by atomic mass is 16.5. The highest BCUT2D eigenvalue weighted by Gasteiger charge is 2.14. The van der Waals surface area contributed by atoms with E-state index in [0.717, 1.165) is 0 Å². The summed E-state index contributed by atoms with van der Waals surface area (Å²) in [4.78, 5) is 4.31. The van der Waals surface area contributed by atoms with E-state index in [1.54, 1.807) is 24.5 Å². The van der Waals surface area contributed by atoms with Crippen LogP contribution in [0, 0.1) is 0 Å². The van der Waals surface area contributed by atoms with Crippen molar-refractivity contribution in [1.82, 2.24) is 30.1 Å². The molecule has 19 heavy (non-hydrogen) atoms. The Kier molecular flexibility index (Phi) is 3.01. The molecule has 0 saturated carbocycles. The van der Waals surface area contributed by atoms with E-state index in [0.29, 0.717) is 23.8 Å². The molecule has 0 aliphatic heterocycles. The summed E-state index contributed by atoms with van der Waals surface area (Å²) in [5, 5.41) is 15.8. The van der Waals surface area contributed by atoms with E-state index < -0.39 is 0 Å². The Balaban J connectivity index is 1.75. The summed E-state index contributed by atoms with van der Waals surface area (Å²) in [5.41, 5.74) is 0.601. The van der Waals surface area contributed by atoms with E-state index in [-0.39, 0.29) is 6.04 Å². The smallest absolute Gasteiger partial charge is 0.229 e. The summed E-state index contributed by atoms with van der Waals surface area (Å²) in [6.07, 6.45) is 5.87. The minimum atomic E-state index is 0.158. The first-order valence-electron chi connectivity index (χ1n) is 5.93. The van der Waals surface area contributed by atoms with E-state index in [9.17, 15) is 0 Å². The first-order chi connectivity index (χ1) is 9.33. The predicted octanol–water partition coefficient (Wildman–Crippen LogP) is 1.53. The van der Waals surface area contributed by atoms with Gasteiger partial charge in [-0.25, -0.2) is 0 Å². The fraction of sp³-hybridized carbons (Fsp3) is 0.250. The lowest BCUT2D eigenvalue weighted by Crippen LogP contribution is -2.08. The van der Waals surface area contributed by atoms with Crippen molar-refractivity contribution < 1.29 is 4.52 Å². The summed E-state index contributed by atoms with van der Waals surface area (Å²) in [7, 11) is 0. The van der Waals surface area contributed by atoms with Crippen LogP contribution in [0.15, 0.2) is 41.3 Å². The van der Waals surface area contributed by atoms with Gasteiger partial charge in [0.05, 0.1) is 6.04 Å². The maximum Gasteiger partial charge on any atom is 0.229 e. The van der Waals surface area contributed by atoms with E-state index in [2.05, 4.69) is 25.4 Å². The first kappa shape index (κ1) is 11.5. The third kappa shape index (κ3) is 2.49. The van der Waals surface area contributed by atoms with Crippen LogP contribution in [0.3, 0.4) is 0 Å². The van der Waals surface area contributed by atoms with Gasteiger partial charge in [-0.2, -0.15) is 15.2 Å². The Hall–Kier alpha value is -2.57. The van der Waals surface area contributed by atoms with E-state index in [1.165, 1.54) is 0 Å². The Morgan fingerprint density at radius 3 is 3.00 bits per heavy atom. The lowest BCUT2D eigenvalue weighted by atomic mass is 10.2. The molecule has 3 heterocycles. The van der Waals surface area contributed by atoms with Gasteiger partial charge >= 0.3 is 0 Å². The first-order valence-corrected chi connectivity index (χ1v) is 5.93. The summed E-state index contributed by atoms with van der Waals surface area (Å²) >= 11 is 0. The second kappa shape index (κ2) is 4.97. The summed E-state index contributed by atoms with van der Waals surface area (Å²) in [5.74, 6) is 1.01. The van der Waals surface area contributed by atoms with Crippen molar-refractivity contribution in [2.24, 2.45) is 0 Å². The predicted molar refractivity (Wildman–Crippen MR) is 66.0 cm³/mol. The zero-order valence-electron chi connectivity index (χ0n) is 10.3. The topological polar surface area (TPSA) is 82.5 Å². The molecule has 0 bridgehead atoms. The van der Waals surface area contributed by atoms with Crippen LogP contribution in [0.2, 0.25) is 0 Å². The van der Waals surface area contributed by atoms with Crippen LogP contribution in [0.25, 0.3) is 11.5 Å². The summed E-state index contributed by atoms with van der Waals surface area (Å²) in [6.45, 7) is 2.04. The van der Waals surface area contributed by atoms with Crippen molar-refractivity contribution in [3.8, 4) is 11.5 Å². The van der Waals surface area contributed by atoms with Crippen LogP contribution >= 0.6 is 0 Å². The molecule has 0 spiro atoms. The van der Waals surface area contributed by atoms with Crippen molar-refractivity contribution >= 4 is 0 Å². The molecule has 3 aromatic rings. The molecule has 0 amide bonds. The van der Waals surface area contributed by atoms with Gasteiger partial charge in [0.15, 0.2) is 0 Å². The fourth-order valence-corrected chi connectivity index (χ4v) is 1.75. The highest BCUT2D eigenvalue weighted by molar-refractivity contribution is 5.46. The van der Waals surface area contributed by atoms with Gasteiger partial charge in [-0.3, -0.25) is 4.68 Å². The molecule has 0 aromatic carbocycles. The molecule has 3 rings (SSSR count). The Morgan fingerprint density at radius 2 is 2.26 bits per heavy atom. The number of hydrogen-bond acceptors (Lipinski definition) is 6. The molecule has 3 aromatic heterocycles. The lowest BCUT2D eigenvalue weighted by molar-refractivity contribution is 0.349. The fourth-order valence-electron chi connectivity index (χ4n) is 1.75. The van der Waals surface area contributed by atoms with Gasteiger partial charge in [0.1, 0.15) is 5.69 Å². The largest absolute Gasteiger partial charge is 0.339 e. The molecule has 0 radical (unpaired) electrons. The molecule has 0 unspecified atom stereocenters. The minimum Gasteiger partial charge on any atom is -0.339 e. The van der Waals surface area contributed by atoms with Gasteiger partial charge < -0.3 is 4.52 Å². The van der Waals surface area contributed by atoms with Crippen molar-refractivity contribution in [3.05, 3.63) is 42.7 Å². The maximum atomic E-state index is 5.22. The molecule has 0 N–H and O–H groups in total. The molecule has 7 nitrogen and oxygen atoms in total. The number of rotatable bonds is 4. The molecule has 96 valence electrons. The summed E-state index contributed by atoms with van der Waals surface area (Å²) in [6, 6.07) is 5.61. The maximum absolute atomic E-state index is 5.22. The van der Waals surface area contributed by atoms with Crippen molar-refractivity contribution in [3.63, 3.8) is 0 Å². The van der Waals surface area contributed by atoms with Gasteiger partial charge in [0.2, 0.25) is 11.7 Å². The van der Waals surface area contributed by atoms with Gasteiger partial charge in [-0.1, -0.05) is 5.16 Å². The highest BCUT2D eigenvalue weighted by Crippen LogP contribution is 2.15. The number of hydrogen-bond donors (Lipinski definition) is 0. The molecule has 0 fully saturated rings. The standard InChI is InChI=1S/C12H12N6O/c1-9(18-7-3-6-14-18)8-11-15-12(17-19-11)10-4-2-5-13-16-10/h2-7,9H,8H2,1H3/t9-/m1/s1. The molecular weight excluding hydrogens is 244 g/mol. The Labute approximate surface area is 109 Å². The van der Waals surface area contributed by atoms with Crippen LogP contribution in [0.4, 0.5) is 0 Å². The number of aromatic nitrogens is 6. The van der Waals surface area contributed by atoms with E-state index in [1.807, 2.05) is 23.9 Å². The van der Waals surface area contributed by atoms with E-state index >= 15 is 0 Å². The van der Waals surface area contributed by atoms with Gasteiger partial charge in [-0.05, 0) is 25.1 Å². The second-order valence-corrected chi connectivity index (χ2v) is 4.16. The SMILES string of the molecule is C[C@H](Cc1nc(-c2cccnn2)no1)n1cccn1. The normalized spacial score (nSPS) is 12.5. The number of nitrogens with zero attached hydrogens (tertiary/aromatic N) is 6. The molecule has 0 aliphatic carbocycles. The molecule has 1 atom stereocenters. The minimum absolute atomic E-state index is 0.158. The molecular formula is C12H12N6O. The Bertz CT molecular complexity index is 633. The van der Waals surface area contributed by atoms with Crippen LogP contribution < -0.4 is 0 Å². The van der Waals surface area contributed by atoms with Crippen molar-refractivity contribution in [1.29, 1.82) is 0 Å². The van der Waals surface area contributed by atoms with Gasteiger partial charge in [0, 0.05) is 25.0 Å². The molecule has 7 heteroatoms. The van der Waals surface area contributed by atoms with Gasteiger partial charge in [0.25, 0.3) is 0 Å². The van der Waals surface area contributed by atoms with Crippen LogP contribution in [0.1, 0.15) is 18.9 Å². The quantitative estimate of drug-likeness (QED) is 0.704. The van der Waals surface area contributed by atoms with Crippen molar-refractivity contribution in [2.75, 3.05) is 0 Å². The van der Waals surface area contributed by atoms with Crippen LogP contribution in [0.5, 0.6) is 0 Å². The van der Waals surface area contributed by atoms with E-state index in [4.69, 9.17) is 4.52 Å². The van der Waals surface area contributed by atoms with Crippen molar-refractivity contribution in [2.45, 2.75) is 19.4 Å². The zero-order chi connectivity index (χ0) is 13.1. The third-order valence-electron chi connectivity index (χ3n) is 2.72. The summed E-state index contributed by atoms with van der Waals surface area (Å²) < 4.78 is 7.07. The zero-order valence-corrected chi connectivity index (χ0v) is 10.3. The molecule has 0 aliphatic rings. The monoisotopic (exact) mass is 256 g/mol. The van der Waals surface area contributed by atoms with Crippen LogP contribution in [-0.4, -0.2) is 30.1 Å². The van der Waals surface area contributed by atoms with Crippen LogP contribution in [-0.2, 0) is 6.42 Å².